The van der Waals surface area contributed by atoms with Crippen molar-refractivity contribution in [3.05, 3.63) is 59.9 Å². The summed E-state index contributed by atoms with van der Waals surface area (Å²) in [5, 5.41) is 0. The molecule has 1 unspecified atom stereocenters. The molecule has 1 aliphatic rings. The maximum Gasteiger partial charge on any atom is 0.196 e. The Morgan fingerprint density at radius 2 is 1.90 bits per heavy atom. The number of para-hydroxylation sites is 1. The predicted octanol–water partition coefficient (Wildman–Crippen LogP) is 3.42. The molecule has 108 valence electrons. The highest BCUT2D eigenvalue weighted by molar-refractivity contribution is 7.98. The van der Waals surface area contributed by atoms with Crippen LogP contribution in [0.1, 0.15) is 11.6 Å². The molecular formula is C16H16FN3S. The van der Waals surface area contributed by atoms with Gasteiger partial charge in [-0.2, -0.15) is 0 Å². The van der Waals surface area contributed by atoms with E-state index in [1.807, 2.05) is 6.26 Å². The maximum atomic E-state index is 14.1. The molecule has 1 heterocycles. The van der Waals surface area contributed by atoms with E-state index in [1.54, 1.807) is 34.9 Å². The molecule has 0 spiro atoms. The van der Waals surface area contributed by atoms with Crippen LogP contribution in [-0.2, 0) is 0 Å². The van der Waals surface area contributed by atoms with Gasteiger partial charge in [-0.05, 0) is 36.1 Å². The number of hydrogen-bond acceptors (Lipinski definition) is 4. The lowest BCUT2D eigenvalue weighted by atomic mass is 10.1. The minimum atomic E-state index is -0.289. The largest absolute Gasteiger partial charge is 0.369 e. The molecule has 3 rings (SSSR count). The summed E-state index contributed by atoms with van der Waals surface area (Å²) in [6.07, 6.45) is 2.04. The zero-order valence-electron chi connectivity index (χ0n) is 11.7. The van der Waals surface area contributed by atoms with E-state index in [2.05, 4.69) is 29.3 Å². The van der Waals surface area contributed by atoms with Crippen LogP contribution in [0.15, 0.2) is 58.4 Å². The normalized spacial score (nSPS) is 17.9. The van der Waals surface area contributed by atoms with Gasteiger partial charge in [-0.1, -0.05) is 24.3 Å². The Morgan fingerprint density at radius 3 is 2.57 bits per heavy atom. The first-order chi connectivity index (χ1) is 10.2. The molecule has 0 saturated carbocycles. The standard InChI is InChI=1S/C16H16FN3S/c1-21-12-8-6-11(7-9-12)15-10-19-16(18)20(15)14-5-3-2-4-13(14)17/h2-9,15H,10H2,1H3,(H2,18,19). The second-order valence-corrected chi connectivity index (χ2v) is 5.69. The number of guanidine groups is 1. The van der Waals surface area contributed by atoms with Crippen molar-refractivity contribution in [2.45, 2.75) is 10.9 Å². The van der Waals surface area contributed by atoms with Gasteiger partial charge in [-0.25, -0.2) is 4.39 Å². The predicted molar refractivity (Wildman–Crippen MR) is 86.3 cm³/mol. The van der Waals surface area contributed by atoms with Gasteiger partial charge in [0, 0.05) is 4.90 Å². The van der Waals surface area contributed by atoms with Crippen molar-refractivity contribution < 1.29 is 4.39 Å². The average Bonchev–Trinajstić information content (AvgIpc) is 2.89. The molecule has 0 bridgehead atoms. The zero-order chi connectivity index (χ0) is 14.8. The molecule has 1 aliphatic heterocycles. The quantitative estimate of drug-likeness (QED) is 0.883. The highest BCUT2D eigenvalue weighted by atomic mass is 32.2. The van der Waals surface area contributed by atoms with E-state index in [-0.39, 0.29) is 11.9 Å². The molecule has 0 aromatic heterocycles. The minimum Gasteiger partial charge on any atom is -0.369 e. The van der Waals surface area contributed by atoms with Gasteiger partial charge in [0.1, 0.15) is 5.82 Å². The number of nitrogens with two attached hydrogens (primary N) is 1. The minimum absolute atomic E-state index is 0.0576. The van der Waals surface area contributed by atoms with Crippen molar-refractivity contribution in [3.63, 3.8) is 0 Å². The van der Waals surface area contributed by atoms with Gasteiger partial charge in [-0.3, -0.25) is 4.99 Å². The van der Waals surface area contributed by atoms with Crippen LogP contribution >= 0.6 is 11.8 Å². The van der Waals surface area contributed by atoms with Crippen LogP contribution in [0.4, 0.5) is 10.1 Å². The SMILES string of the molecule is CSc1ccc(C2CN=C(N)N2c2ccccc2F)cc1. The molecule has 0 fully saturated rings. The second kappa shape index (κ2) is 5.77. The summed E-state index contributed by atoms with van der Waals surface area (Å²) < 4.78 is 14.1. The smallest absolute Gasteiger partial charge is 0.196 e. The van der Waals surface area contributed by atoms with Crippen molar-refractivity contribution in [1.29, 1.82) is 0 Å². The highest BCUT2D eigenvalue weighted by Gasteiger charge is 2.30. The summed E-state index contributed by atoms with van der Waals surface area (Å²) in [6.45, 7) is 0.540. The van der Waals surface area contributed by atoms with E-state index < -0.39 is 0 Å². The van der Waals surface area contributed by atoms with Gasteiger partial charge in [0.15, 0.2) is 5.96 Å². The number of hydrogen-bond donors (Lipinski definition) is 1. The van der Waals surface area contributed by atoms with E-state index in [4.69, 9.17) is 5.73 Å². The third-order valence-electron chi connectivity index (χ3n) is 3.60. The molecule has 0 amide bonds. The number of thioether (sulfide) groups is 1. The van der Waals surface area contributed by atoms with Crippen molar-refractivity contribution >= 4 is 23.4 Å². The molecule has 2 N–H and O–H groups in total. The fraction of sp³-hybridized carbons (Fsp3) is 0.188. The number of benzene rings is 2. The second-order valence-electron chi connectivity index (χ2n) is 4.81. The van der Waals surface area contributed by atoms with Gasteiger partial charge in [0.2, 0.25) is 0 Å². The molecule has 0 radical (unpaired) electrons. The zero-order valence-corrected chi connectivity index (χ0v) is 12.5. The van der Waals surface area contributed by atoms with Crippen LogP contribution in [0.25, 0.3) is 0 Å². The molecule has 2 aromatic carbocycles. The molecule has 2 aromatic rings. The molecule has 5 heteroatoms. The Bertz CT molecular complexity index is 669. The molecule has 0 saturated heterocycles. The van der Waals surface area contributed by atoms with Crippen molar-refractivity contribution in [1.82, 2.24) is 0 Å². The van der Waals surface area contributed by atoms with Gasteiger partial charge in [-0.15, -0.1) is 11.8 Å². The van der Waals surface area contributed by atoms with E-state index in [0.717, 1.165) is 5.56 Å². The summed E-state index contributed by atoms with van der Waals surface area (Å²) in [7, 11) is 0. The number of halogens is 1. The van der Waals surface area contributed by atoms with Crippen molar-refractivity contribution in [2.24, 2.45) is 10.7 Å². The lowest BCUT2D eigenvalue weighted by Gasteiger charge is -2.27. The summed E-state index contributed by atoms with van der Waals surface area (Å²) in [6, 6.07) is 14.8. The monoisotopic (exact) mass is 301 g/mol. The van der Waals surface area contributed by atoms with Crippen LogP contribution in [0.3, 0.4) is 0 Å². The van der Waals surface area contributed by atoms with E-state index in [0.29, 0.717) is 18.2 Å². The fourth-order valence-electron chi connectivity index (χ4n) is 2.52. The van der Waals surface area contributed by atoms with Gasteiger partial charge < -0.3 is 10.6 Å². The number of rotatable bonds is 3. The first-order valence-electron chi connectivity index (χ1n) is 6.68. The third-order valence-corrected chi connectivity index (χ3v) is 4.34. The Kier molecular flexibility index (Phi) is 3.84. The third kappa shape index (κ3) is 2.61. The highest BCUT2D eigenvalue weighted by Crippen LogP contribution is 2.33. The first kappa shape index (κ1) is 13.9. The topological polar surface area (TPSA) is 41.6 Å². The molecule has 3 nitrogen and oxygen atoms in total. The fourth-order valence-corrected chi connectivity index (χ4v) is 2.92. The number of anilines is 1. The van der Waals surface area contributed by atoms with E-state index >= 15 is 0 Å². The lowest BCUT2D eigenvalue weighted by molar-refractivity contribution is 0.619. The molecule has 1 atom stereocenters. The lowest BCUT2D eigenvalue weighted by Crippen LogP contribution is -2.36. The van der Waals surface area contributed by atoms with Crippen LogP contribution in [-0.4, -0.2) is 18.8 Å². The summed E-state index contributed by atoms with van der Waals surface area (Å²) in [5.41, 5.74) is 7.52. The number of nitrogens with zero attached hydrogens (tertiary/aromatic N) is 2. The van der Waals surface area contributed by atoms with Crippen LogP contribution in [0.5, 0.6) is 0 Å². The Labute approximate surface area is 127 Å². The Balaban J connectivity index is 1.97. The van der Waals surface area contributed by atoms with E-state index in [1.165, 1.54) is 11.0 Å². The summed E-state index contributed by atoms with van der Waals surface area (Å²) in [4.78, 5) is 7.25. The summed E-state index contributed by atoms with van der Waals surface area (Å²) >= 11 is 1.69. The van der Waals surface area contributed by atoms with Gasteiger partial charge in [0.05, 0.1) is 18.3 Å². The summed E-state index contributed by atoms with van der Waals surface area (Å²) in [5.74, 6) is 0.0716. The van der Waals surface area contributed by atoms with Crippen LogP contribution in [0, 0.1) is 5.82 Å². The molecule has 21 heavy (non-hydrogen) atoms. The molecule has 0 aliphatic carbocycles. The van der Waals surface area contributed by atoms with Crippen LogP contribution in [0.2, 0.25) is 0 Å². The Morgan fingerprint density at radius 1 is 1.19 bits per heavy atom. The van der Waals surface area contributed by atoms with Gasteiger partial charge >= 0.3 is 0 Å². The van der Waals surface area contributed by atoms with Crippen molar-refractivity contribution in [2.75, 3.05) is 17.7 Å². The maximum absolute atomic E-state index is 14.1. The van der Waals surface area contributed by atoms with Crippen molar-refractivity contribution in [3.8, 4) is 0 Å². The number of aliphatic imine (C=N–C) groups is 1. The van der Waals surface area contributed by atoms with Gasteiger partial charge in [0.25, 0.3) is 0 Å². The Hall–Kier alpha value is -2.01. The average molecular weight is 301 g/mol. The van der Waals surface area contributed by atoms with E-state index in [9.17, 15) is 4.39 Å². The first-order valence-corrected chi connectivity index (χ1v) is 7.91. The van der Waals surface area contributed by atoms with Crippen LogP contribution < -0.4 is 10.6 Å². The molecular weight excluding hydrogens is 285 g/mol.